The maximum absolute atomic E-state index is 11.4. The predicted molar refractivity (Wildman–Crippen MR) is 75.0 cm³/mol. The van der Waals surface area contributed by atoms with Crippen molar-refractivity contribution in [3.05, 3.63) is 35.5 Å². The van der Waals surface area contributed by atoms with Gasteiger partial charge in [0.05, 0.1) is 7.11 Å². The molecule has 0 aliphatic carbocycles. The van der Waals surface area contributed by atoms with Gasteiger partial charge in [-0.2, -0.15) is 12.6 Å². The quantitative estimate of drug-likeness (QED) is 0.494. The van der Waals surface area contributed by atoms with E-state index in [0.717, 1.165) is 28.6 Å². The molecule has 1 aromatic heterocycles. The number of rotatable bonds is 2. The van der Waals surface area contributed by atoms with Gasteiger partial charge in [0.1, 0.15) is 5.69 Å². The summed E-state index contributed by atoms with van der Waals surface area (Å²) in [5, 5.41) is 0.968. The molecule has 1 N–H and O–H groups in total. The van der Waals surface area contributed by atoms with Crippen molar-refractivity contribution >= 4 is 29.5 Å². The monoisotopic (exact) mass is 259 g/mol. The fourth-order valence-electron chi connectivity index (χ4n) is 1.65. The van der Waals surface area contributed by atoms with Crippen molar-refractivity contribution in [3.63, 3.8) is 0 Å². The molecular formula is C14H13NO2S. The average molecular weight is 259 g/mol. The Morgan fingerprint density at radius 3 is 3.00 bits per heavy atom. The third-order valence-corrected chi connectivity index (χ3v) is 2.72. The predicted octanol–water partition coefficient (Wildman–Crippen LogP) is 2.63. The largest absolute Gasteiger partial charge is 0.464 e. The lowest BCUT2D eigenvalue weighted by atomic mass is 10.1. The Labute approximate surface area is 111 Å². The van der Waals surface area contributed by atoms with Gasteiger partial charge < -0.3 is 9.72 Å². The van der Waals surface area contributed by atoms with Crippen molar-refractivity contribution < 1.29 is 9.53 Å². The van der Waals surface area contributed by atoms with Gasteiger partial charge in [0.2, 0.25) is 0 Å². The highest BCUT2D eigenvalue weighted by molar-refractivity contribution is 7.80. The number of methoxy groups -OCH3 is 1. The van der Waals surface area contributed by atoms with Gasteiger partial charge in [0.15, 0.2) is 0 Å². The fraction of sp³-hybridized carbons (Fsp3) is 0.214. The van der Waals surface area contributed by atoms with E-state index in [-0.39, 0.29) is 5.97 Å². The molecule has 1 heterocycles. The first-order valence-electron chi connectivity index (χ1n) is 5.55. The summed E-state index contributed by atoms with van der Waals surface area (Å²) in [6, 6.07) is 7.56. The summed E-state index contributed by atoms with van der Waals surface area (Å²) >= 11 is 4.10. The molecular weight excluding hydrogens is 246 g/mol. The van der Waals surface area contributed by atoms with Crippen LogP contribution in [-0.4, -0.2) is 23.8 Å². The number of hydrogen-bond acceptors (Lipinski definition) is 3. The summed E-state index contributed by atoms with van der Waals surface area (Å²) in [4.78, 5) is 14.4. The molecule has 0 unspecified atom stereocenters. The summed E-state index contributed by atoms with van der Waals surface area (Å²) in [6.07, 6.45) is 0.763. The smallest absolute Gasteiger partial charge is 0.354 e. The lowest BCUT2D eigenvalue weighted by Gasteiger charge is -1.92. The fourth-order valence-corrected chi connectivity index (χ4v) is 1.76. The SMILES string of the molecule is COC(=O)c1cc2ccc(C#CCCS)cc2[nH]1. The van der Waals surface area contributed by atoms with Gasteiger partial charge in [0, 0.05) is 28.6 Å². The first kappa shape index (κ1) is 12.6. The minimum absolute atomic E-state index is 0.367. The molecule has 2 rings (SSSR count). The first-order valence-corrected chi connectivity index (χ1v) is 6.18. The van der Waals surface area contributed by atoms with Crippen LogP contribution in [0.5, 0.6) is 0 Å². The first-order chi connectivity index (χ1) is 8.74. The van der Waals surface area contributed by atoms with Crippen LogP contribution < -0.4 is 0 Å². The maximum Gasteiger partial charge on any atom is 0.354 e. The second-order valence-corrected chi connectivity index (χ2v) is 4.20. The molecule has 0 saturated carbocycles. The van der Waals surface area contributed by atoms with Crippen LogP contribution >= 0.6 is 12.6 Å². The van der Waals surface area contributed by atoms with E-state index in [0.29, 0.717) is 5.69 Å². The van der Waals surface area contributed by atoms with Crippen LogP contribution in [-0.2, 0) is 4.74 Å². The number of carbonyl (C=O) groups excluding carboxylic acids is 1. The molecule has 0 aliphatic rings. The minimum atomic E-state index is -0.367. The number of hydrogen-bond donors (Lipinski definition) is 2. The third-order valence-electron chi connectivity index (χ3n) is 2.50. The van der Waals surface area contributed by atoms with Crippen LogP contribution in [0.15, 0.2) is 24.3 Å². The van der Waals surface area contributed by atoms with E-state index in [1.54, 1.807) is 6.07 Å². The maximum atomic E-state index is 11.4. The molecule has 0 fully saturated rings. The molecule has 4 heteroatoms. The summed E-state index contributed by atoms with van der Waals surface area (Å²) < 4.78 is 4.67. The third kappa shape index (κ3) is 2.69. The Kier molecular flexibility index (Phi) is 3.96. The van der Waals surface area contributed by atoms with Crippen molar-refractivity contribution in [1.29, 1.82) is 0 Å². The number of thiol groups is 1. The molecule has 0 bridgehead atoms. The molecule has 0 saturated heterocycles. The highest BCUT2D eigenvalue weighted by Gasteiger charge is 2.08. The van der Waals surface area contributed by atoms with Crippen molar-refractivity contribution in [2.75, 3.05) is 12.9 Å². The van der Waals surface area contributed by atoms with Crippen LogP contribution in [0.2, 0.25) is 0 Å². The zero-order chi connectivity index (χ0) is 13.0. The molecule has 0 radical (unpaired) electrons. The number of aromatic amines is 1. The van der Waals surface area contributed by atoms with E-state index in [1.807, 2.05) is 18.2 Å². The second-order valence-electron chi connectivity index (χ2n) is 3.75. The Bertz CT molecular complexity index is 634. The van der Waals surface area contributed by atoms with Gasteiger partial charge in [-0.05, 0) is 18.2 Å². The molecule has 1 aromatic carbocycles. The Morgan fingerprint density at radius 2 is 2.28 bits per heavy atom. The molecule has 0 spiro atoms. The highest BCUT2D eigenvalue weighted by Crippen LogP contribution is 2.17. The molecule has 18 heavy (non-hydrogen) atoms. The lowest BCUT2D eigenvalue weighted by molar-refractivity contribution is 0.0595. The van der Waals surface area contributed by atoms with E-state index >= 15 is 0 Å². The van der Waals surface area contributed by atoms with Crippen LogP contribution in [0.25, 0.3) is 10.9 Å². The summed E-state index contributed by atoms with van der Waals surface area (Å²) in [7, 11) is 1.36. The number of nitrogens with one attached hydrogen (secondary N) is 1. The van der Waals surface area contributed by atoms with Gasteiger partial charge >= 0.3 is 5.97 Å². The van der Waals surface area contributed by atoms with Crippen LogP contribution in [0.4, 0.5) is 0 Å². The van der Waals surface area contributed by atoms with E-state index in [4.69, 9.17) is 0 Å². The molecule has 0 aliphatic heterocycles. The Balaban J connectivity index is 2.34. The van der Waals surface area contributed by atoms with Gasteiger partial charge in [0.25, 0.3) is 0 Å². The zero-order valence-corrected chi connectivity index (χ0v) is 10.9. The van der Waals surface area contributed by atoms with E-state index in [9.17, 15) is 4.79 Å². The van der Waals surface area contributed by atoms with Crippen LogP contribution in [0.3, 0.4) is 0 Å². The number of H-pyrrole nitrogens is 1. The average Bonchev–Trinajstić information content (AvgIpc) is 2.81. The number of carbonyl (C=O) groups is 1. The topological polar surface area (TPSA) is 42.1 Å². The number of benzene rings is 1. The van der Waals surface area contributed by atoms with Crippen molar-refractivity contribution in [3.8, 4) is 11.8 Å². The summed E-state index contributed by atoms with van der Waals surface area (Å²) in [5.74, 6) is 6.47. The van der Waals surface area contributed by atoms with Gasteiger partial charge in [-0.3, -0.25) is 0 Å². The number of ether oxygens (including phenoxy) is 1. The second kappa shape index (κ2) is 5.65. The van der Waals surface area contributed by atoms with Crippen molar-refractivity contribution in [1.82, 2.24) is 4.98 Å². The number of esters is 1. The zero-order valence-electron chi connectivity index (χ0n) is 9.99. The van der Waals surface area contributed by atoms with Crippen molar-refractivity contribution in [2.45, 2.75) is 6.42 Å². The molecule has 92 valence electrons. The van der Waals surface area contributed by atoms with E-state index in [1.165, 1.54) is 7.11 Å². The van der Waals surface area contributed by atoms with E-state index < -0.39 is 0 Å². The Morgan fingerprint density at radius 1 is 1.44 bits per heavy atom. The lowest BCUT2D eigenvalue weighted by Crippen LogP contribution is -2.00. The number of fused-ring (bicyclic) bond motifs is 1. The van der Waals surface area contributed by atoms with Gasteiger partial charge in [-0.25, -0.2) is 4.79 Å². The summed E-state index contributed by atoms with van der Waals surface area (Å²) in [6.45, 7) is 0. The van der Waals surface area contributed by atoms with Crippen molar-refractivity contribution in [2.24, 2.45) is 0 Å². The normalized spacial score (nSPS) is 9.89. The van der Waals surface area contributed by atoms with Gasteiger partial charge in [-0.15, -0.1) is 0 Å². The molecule has 0 amide bonds. The van der Waals surface area contributed by atoms with Crippen LogP contribution in [0, 0.1) is 11.8 Å². The minimum Gasteiger partial charge on any atom is -0.464 e. The van der Waals surface area contributed by atoms with Gasteiger partial charge in [-0.1, -0.05) is 17.9 Å². The number of aromatic nitrogens is 1. The van der Waals surface area contributed by atoms with Crippen LogP contribution in [0.1, 0.15) is 22.5 Å². The standard InChI is InChI=1S/C14H13NO2S/c1-17-14(16)13-9-11-6-5-10(4-2-3-7-18)8-12(11)15-13/h5-6,8-9,15,18H,3,7H2,1H3. The highest BCUT2D eigenvalue weighted by atomic mass is 32.1. The molecule has 3 nitrogen and oxygen atoms in total. The Hall–Kier alpha value is -1.86. The van der Waals surface area contributed by atoms with E-state index in [2.05, 4.69) is 34.2 Å². The summed E-state index contributed by atoms with van der Waals surface area (Å²) in [5.41, 5.74) is 2.25. The molecule has 2 aromatic rings. The molecule has 0 atom stereocenters.